The number of aliphatic hydroxyl groups is 1. The number of nitrogens with zero attached hydrogens (tertiary/aromatic N) is 3. The van der Waals surface area contributed by atoms with E-state index in [1.807, 2.05) is 38.2 Å². The molecule has 2 fully saturated rings. The van der Waals surface area contributed by atoms with Gasteiger partial charge in [-0.15, -0.1) is 0 Å². The molecule has 4 rings (SSSR count). The summed E-state index contributed by atoms with van der Waals surface area (Å²) in [5, 5.41) is 10.1. The minimum absolute atomic E-state index is 0.154. The van der Waals surface area contributed by atoms with Crippen molar-refractivity contribution >= 4 is 17.7 Å². The van der Waals surface area contributed by atoms with Gasteiger partial charge >= 0.3 is 0 Å². The van der Waals surface area contributed by atoms with Crippen LogP contribution in [0.3, 0.4) is 0 Å². The molecule has 1 unspecified atom stereocenters. The molecule has 4 heterocycles. The van der Waals surface area contributed by atoms with Gasteiger partial charge in [0, 0.05) is 26.7 Å². The second-order valence-electron chi connectivity index (χ2n) is 9.65. The molecule has 6 atom stereocenters. The third kappa shape index (κ3) is 3.14. The van der Waals surface area contributed by atoms with Crippen LogP contribution in [0, 0.1) is 11.8 Å². The molecule has 32 heavy (non-hydrogen) atoms. The zero-order valence-corrected chi connectivity index (χ0v) is 19.5. The van der Waals surface area contributed by atoms with Crippen LogP contribution in [0.2, 0.25) is 0 Å². The Kier molecular flexibility index (Phi) is 5.96. The molecular weight excluding hydrogens is 410 g/mol. The standard InChI is InChI=1S/C24H35N3O5/c1-5-7-13-26-14-9-11-24-18(17-20(29)25(4)12-8-10-23(17,3)32-24)21(30)27(16(6-2)15-28)19(24)22(26)31/h8-11,16-19,28H,5-7,12-15H2,1-4H3/t16-,17-,18-,19?,23+,24-/m0/s1. The van der Waals surface area contributed by atoms with E-state index in [1.54, 1.807) is 16.8 Å². The van der Waals surface area contributed by atoms with Crippen molar-refractivity contribution in [2.24, 2.45) is 11.8 Å². The number of hydrogen-bond donors (Lipinski definition) is 1. The Hall–Kier alpha value is -2.19. The van der Waals surface area contributed by atoms with E-state index in [9.17, 15) is 19.5 Å². The van der Waals surface area contributed by atoms with E-state index < -0.39 is 35.1 Å². The highest BCUT2D eigenvalue weighted by Gasteiger charge is 2.75. The van der Waals surface area contributed by atoms with Gasteiger partial charge < -0.3 is 24.5 Å². The van der Waals surface area contributed by atoms with Crippen molar-refractivity contribution in [1.29, 1.82) is 0 Å². The van der Waals surface area contributed by atoms with Gasteiger partial charge in [-0.3, -0.25) is 14.4 Å². The molecule has 0 aliphatic carbocycles. The fraction of sp³-hybridized carbons (Fsp3) is 0.708. The zero-order chi connectivity index (χ0) is 23.3. The van der Waals surface area contributed by atoms with E-state index in [1.165, 1.54) is 4.90 Å². The van der Waals surface area contributed by atoms with Gasteiger partial charge in [0.05, 0.1) is 30.1 Å². The smallest absolute Gasteiger partial charge is 0.249 e. The fourth-order valence-electron chi connectivity index (χ4n) is 5.99. The molecule has 0 aromatic heterocycles. The highest BCUT2D eigenvalue weighted by atomic mass is 16.5. The van der Waals surface area contributed by atoms with Gasteiger partial charge in [0.2, 0.25) is 17.7 Å². The van der Waals surface area contributed by atoms with E-state index in [0.29, 0.717) is 26.1 Å². The Bertz CT molecular complexity index is 853. The first-order chi connectivity index (χ1) is 15.3. The summed E-state index contributed by atoms with van der Waals surface area (Å²) < 4.78 is 6.70. The van der Waals surface area contributed by atoms with E-state index >= 15 is 0 Å². The summed E-state index contributed by atoms with van der Waals surface area (Å²) in [6.07, 6.45) is 9.85. The lowest BCUT2D eigenvalue weighted by molar-refractivity contribution is -0.155. The van der Waals surface area contributed by atoms with Gasteiger partial charge in [0.15, 0.2) is 0 Å². The maximum Gasteiger partial charge on any atom is 0.249 e. The number of carbonyl (C=O) groups is 3. The fourth-order valence-corrected chi connectivity index (χ4v) is 5.99. The molecular formula is C24H35N3O5. The second kappa shape index (κ2) is 8.30. The molecule has 3 amide bonds. The molecule has 0 aromatic rings. The van der Waals surface area contributed by atoms with E-state index in [0.717, 1.165) is 12.8 Å². The molecule has 1 spiro atoms. The molecule has 2 saturated heterocycles. The van der Waals surface area contributed by atoms with Gasteiger partial charge in [-0.1, -0.05) is 44.6 Å². The first-order valence-corrected chi connectivity index (χ1v) is 11.8. The Morgan fingerprint density at radius 1 is 1.09 bits per heavy atom. The van der Waals surface area contributed by atoms with Crippen molar-refractivity contribution in [3.63, 3.8) is 0 Å². The van der Waals surface area contributed by atoms with Gasteiger partial charge in [-0.05, 0) is 19.8 Å². The van der Waals surface area contributed by atoms with Crippen LogP contribution in [0.5, 0.6) is 0 Å². The number of likely N-dealkylation sites (N-methyl/N-ethyl adjacent to an activating group) is 1. The average molecular weight is 446 g/mol. The minimum atomic E-state index is -1.24. The highest BCUT2D eigenvalue weighted by molar-refractivity contribution is 6.00. The molecule has 0 aromatic carbocycles. The van der Waals surface area contributed by atoms with Crippen molar-refractivity contribution < 1.29 is 24.2 Å². The van der Waals surface area contributed by atoms with Crippen LogP contribution >= 0.6 is 0 Å². The summed E-state index contributed by atoms with van der Waals surface area (Å²) in [5.74, 6) is -2.16. The molecule has 0 bridgehead atoms. The van der Waals surface area contributed by atoms with Gasteiger partial charge in [0.25, 0.3) is 0 Å². The molecule has 1 N–H and O–H groups in total. The first kappa shape index (κ1) is 23.0. The summed E-state index contributed by atoms with van der Waals surface area (Å²) in [5.41, 5.74) is -2.23. The summed E-state index contributed by atoms with van der Waals surface area (Å²) in [6.45, 7) is 7.04. The van der Waals surface area contributed by atoms with Crippen LogP contribution in [-0.2, 0) is 19.1 Å². The molecule has 176 valence electrons. The van der Waals surface area contributed by atoms with Gasteiger partial charge in [0.1, 0.15) is 11.6 Å². The monoisotopic (exact) mass is 445 g/mol. The molecule has 8 nitrogen and oxygen atoms in total. The number of likely N-dealkylation sites (tertiary alicyclic amines) is 1. The molecule has 4 aliphatic rings. The number of rotatable bonds is 6. The van der Waals surface area contributed by atoms with Crippen LogP contribution < -0.4 is 0 Å². The lowest BCUT2D eigenvalue weighted by atomic mass is 9.74. The van der Waals surface area contributed by atoms with Crippen molar-refractivity contribution in [3.05, 3.63) is 24.3 Å². The zero-order valence-electron chi connectivity index (χ0n) is 19.5. The number of ether oxygens (including phenoxy) is 1. The SMILES string of the molecule is CCCCN1CC=C[C@]23O[C@]4(C)C=CCN(C)C(=O)[C@@H]4[C@H]2C(=O)N([C@@H](CC)CO)C3C1=O. The summed E-state index contributed by atoms with van der Waals surface area (Å²) in [7, 11) is 1.72. The van der Waals surface area contributed by atoms with Crippen molar-refractivity contribution in [2.75, 3.05) is 33.3 Å². The summed E-state index contributed by atoms with van der Waals surface area (Å²) in [4.78, 5) is 46.2. The summed E-state index contributed by atoms with van der Waals surface area (Å²) in [6, 6.07) is -1.41. The van der Waals surface area contributed by atoms with Crippen LogP contribution in [0.4, 0.5) is 0 Å². The maximum absolute atomic E-state index is 14.0. The Morgan fingerprint density at radius 3 is 2.47 bits per heavy atom. The number of amides is 3. The largest absolute Gasteiger partial charge is 0.394 e. The molecule has 0 radical (unpaired) electrons. The van der Waals surface area contributed by atoms with E-state index in [4.69, 9.17) is 4.74 Å². The predicted molar refractivity (Wildman–Crippen MR) is 118 cm³/mol. The van der Waals surface area contributed by atoms with Crippen LogP contribution in [0.1, 0.15) is 40.0 Å². The first-order valence-electron chi connectivity index (χ1n) is 11.8. The second-order valence-corrected chi connectivity index (χ2v) is 9.65. The van der Waals surface area contributed by atoms with E-state index in [2.05, 4.69) is 6.92 Å². The Morgan fingerprint density at radius 2 is 1.81 bits per heavy atom. The van der Waals surface area contributed by atoms with E-state index in [-0.39, 0.29) is 24.3 Å². The lowest BCUT2D eigenvalue weighted by Crippen LogP contribution is -2.58. The minimum Gasteiger partial charge on any atom is -0.394 e. The van der Waals surface area contributed by atoms with Crippen LogP contribution in [0.15, 0.2) is 24.3 Å². The normalized spacial score (nSPS) is 37.3. The maximum atomic E-state index is 14.0. The Balaban J connectivity index is 1.87. The van der Waals surface area contributed by atoms with Gasteiger partial charge in [-0.25, -0.2) is 0 Å². The van der Waals surface area contributed by atoms with Crippen molar-refractivity contribution in [3.8, 4) is 0 Å². The number of fused-ring (bicyclic) bond motifs is 2. The lowest BCUT2D eigenvalue weighted by Gasteiger charge is -2.40. The third-order valence-electron chi connectivity index (χ3n) is 7.64. The molecule has 8 heteroatoms. The number of hydrogen-bond acceptors (Lipinski definition) is 5. The Labute approximate surface area is 189 Å². The average Bonchev–Trinajstić information content (AvgIpc) is 3.04. The molecule has 4 aliphatic heterocycles. The number of aliphatic hydroxyl groups excluding tert-OH is 1. The highest BCUT2D eigenvalue weighted by Crippen LogP contribution is 2.57. The number of carbonyl (C=O) groups excluding carboxylic acids is 3. The third-order valence-corrected chi connectivity index (χ3v) is 7.64. The van der Waals surface area contributed by atoms with Crippen molar-refractivity contribution in [1.82, 2.24) is 14.7 Å². The summed E-state index contributed by atoms with van der Waals surface area (Å²) >= 11 is 0. The van der Waals surface area contributed by atoms with Crippen LogP contribution in [-0.4, -0.2) is 94.1 Å². The predicted octanol–water partition coefficient (Wildman–Crippen LogP) is 0.955. The number of unbranched alkanes of at least 4 members (excludes halogenated alkanes) is 1. The van der Waals surface area contributed by atoms with Crippen molar-refractivity contribution in [2.45, 2.75) is 63.3 Å². The molecule has 0 saturated carbocycles. The topological polar surface area (TPSA) is 90.4 Å². The van der Waals surface area contributed by atoms with Crippen LogP contribution in [0.25, 0.3) is 0 Å². The quantitative estimate of drug-likeness (QED) is 0.615. The van der Waals surface area contributed by atoms with Gasteiger partial charge in [-0.2, -0.15) is 0 Å².